The van der Waals surface area contributed by atoms with Crippen LogP contribution in [0.5, 0.6) is 0 Å². The van der Waals surface area contributed by atoms with Crippen molar-refractivity contribution in [1.82, 2.24) is 15.0 Å². The lowest BCUT2D eigenvalue weighted by Gasteiger charge is -2.12. The molecule has 108 valence electrons. The molecular weight excluding hydrogens is 282 g/mol. The molecule has 21 heavy (non-hydrogen) atoms. The highest BCUT2D eigenvalue weighted by Gasteiger charge is 2.10. The zero-order valence-electron chi connectivity index (χ0n) is 11.9. The maximum absolute atomic E-state index is 5.33. The summed E-state index contributed by atoms with van der Waals surface area (Å²) < 4.78 is 5.33. The lowest BCUT2D eigenvalue weighted by atomic mass is 10.1. The molecular formula is C16H17N3OS. The standard InChI is InChI=1S/C16H17N3OS/c1-19(11-14-8-5-9-21-14)12-16-17-15(18-20-16)10-13-6-3-2-4-7-13/h2-9H,10-12H2,1H3. The molecule has 3 rings (SSSR count). The van der Waals surface area contributed by atoms with Gasteiger partial charge in [0.25, 0.3) is 0 Å². The lowest BCUT2D eigenvalue weighted by molar-refractivity contribution is 0.262. The predicted octanol–water partition coefficient (Wildman–Crippen LogP) is 3.35. The summed E-state index contributed by atoms with van der Waals surface area (Å²) in [5.74, 6) is 1.40. The molecule has 0 amide bonds. The van der Waals surface area contributed by atoms with Gasteiger partial charge in [-0.25, -0.2) is 0 Å². The minimum absolute atomic E-state index is 0.666. The second-order valence-electron chi connectivity index (χ2n) is 5.02. The fourth-order valence-corrected chi connectivity index (χ4v) is 2.94. The molecule has 0 bridgehead atoms. The van der Waals surface area contributed by atoms with Gasteiger partial charge >= 0.3 is 0 Å². The Bertz CT molecular complexity index is 664. The normalized spacial score (nSPS) is 11.1. The number of benzene rings is 1. The van der Waals surface area contributed by atoms with Crippen molar-refractivity contribution in [2.75, 3.05) is 7.05 Å². The SMILES string of the molecule is CN(Cc1nc(Cc2ccccc2)no1)Cc1cccs1. The van der Waals surface area contributed by atoms with Crippen molar-refractivity contribution in [1.29, 1.82) is 0 Å². The van der Waals surface area contributed by atoms with Gasteiger partial charge in [-0.3, -0.25) is 4.90 Å². The van der Waals surface area contributed by atoms with Gasteiger partial charge in [-0.15, -0.1) is 11.3 Å². The molecule has 3 aromatic rings. The average molecular weight is 299 g/mol. The molecule has 0 atom stereocenters. The van der Waals surface area contributed by atoms with Gasteiger partial charge < -0.3 is 4.52 Å². The molecule has 2 aromatic heterocycles. The number of aromatic nitrogens is 2. The average Bonchev–Trinajstić information content (AvgIpc) is 3.12. The molecule has 0 fully saturated rings. The third kappa shape index (κ3) is 4.00. The Morgan fingerprint density at radius 3 is 2.71 bits per heavy atom. The molecule has 1 aromatic carbocycles. The van der Waals surface area contributed by atoms with E-state index in [4.69, 9.17) is 4.52 Å². The van der Waals surface area contributed by atoms with Gasteiger partial charge in [0.2, 0.25) is 5.89 Å². The van der Waals surface area contributed by atoms with Gasteiger partial charge in [-0.05, 0) is 24.1 Å². The van der Waals surface area contributed by atoms with E-state index in [-0.39, 0.29) is 0 Å². The minimum Gasteiger partial charge on any atom is -0.338 e. The van der Waals surface area contributed by atoms with Crippen LogP contribution in [0.2, 0.25) is 0 Å². The molecule has 2 heterocycles. The highest BCUT2D eigenvalue weighted by molar-refractivity contribution is 7.09. The van der Waals surface area contributed by atoms with Crippen molar-refractivity contribution < 1.29 is 4.52 Å². The summed E-state index contributed by atoms with van der Waals surface area (Å²) >= 11 is 1.76. The van der Waals surface area contributed by atoms with Gasteiger partial charge in [0.1, 0.15) is 0 Å². The Morgan fingerprint density at radius 1 is 1.10 bits per heavy atom. The predicted molar refractivity (Wildman–Crippen MR) is 83.0 cm³/mol. The fourth-order valence-electron chi connectivity index (χ4n) is 2.16. The van der Waals surface area contributed by atoms with Crippen LogP contribution in [0, 0.1) is 0 Å². The maximum atomic E-state index is 5.33. The quantitative estimate of drug-likeness (QED) is 0.700. The topological polar surface area (TPSA) is 42.2 Å². The summed E-state index contributed by atoms with van der Waals surface area (Å²) in [6, 6.07) is 14.4. The van der Waals surface area contributed by atoms with Crippen molar-refractivity contribution in [2.45, 2.75) is 19.5 Å². The Hall–Kier alpha value is -1.98. The van der Waals surface area contributed by atoms with E-state index < -0.39 is 0 Å². The molecule has 0 spiro atoms. The van der Waals surface area contributed by atoms with Crippen molar-refractivity contribution in [2.24, 2.45) is 0 Å². The lowest BCUT2D eigenvalue weighted by Crippen LogP contribution is -2.16. The molecule has 0 N–H and O–H groups in total. The first kappa shape index (κ1) is 14.0. The largest absolute Gasteiger partial charge is 0.338 e. The summed E-state index contributed by atoms with van der Waals surface area (Å²) in [4.78, 5) is 7.97. The summed E-state index contributed by atoms with van der Waals surface area (Å²) in [5, 5.41) is 6.14. The first-order valence-electron chi connectivity index (χ1n) is 6.86. The Labute approximate surface area is 128 Å². The second-order valence-corrected chi connectivity index (χ2v) is 6.05. The molecule has 0 saturated heterocycles. The molecule has 0 unspecified atom stereocenters. The Morgan fingerprint density at radius 2 is 1.95 bits per heavy atom. The molecule has 4 nitrogen and oxygen atoms in total. The van der Waals surface area contributed by atoms with Crippen LogP contribution in [0.4, 0.5) is 0 Å². The molecule has 0 aliphatic rings. The van der Waals surface area contributed by atoms with Crippen LogP contribution in [0.15, 0.2) is 52.4 Å². The first-order valence-corrected chi connectivity index (χ1v) is 7.74. The molecule has 5 heteroatoms. The van der Waals surface area contributed by atoms with E-state index in [1.807, 2.05) is 18.2 Å². The summed E-state index contributed by atoms with van der Waals surface area (Å²) in [5.41, 5.74) is 1.19. The van der Waals surface area contributed by atoms with E-state index in [0.717, 1.165) is 12.4 Å². The van der Waals surface area contributed by atoms with Crippen LogP contribution in [0.1, 0.15) is 22.2 Å². The van der Waals surface area contributed by atoms with Crippen molar-refractivity contribution in [3.8, 4) is 0 Å². The highest BCUT2D eigenvalue weighted by atomic mass is 32.1. The Balaban J connectivity index is 1.57. The molecule has 0 radical (unpaired) electrons. The monoisotopic (exact) mass is 299 g/mol. The van der Waals surface area contributed by atoms with Crippen LogP contribution in [0.3, 0.4) is 0 Å². The number of thiophene rings is 1. The van der Waals surface area contributed by atoms with E-state index in [1.54, 1.807) is 11.3 Å². The molecule has 0 aliphatic carbocycles. The van der Waals surface area contributed by atoms with Crippen molar-refractivity contribution in [3.63, 3.8) is 0 Å². The smallest absolute Gasteiger partial charge is 0.240 e. The van der Waals surface area contributed by atoms with E-state index in [9.17, 15) is 0 Å². The van der Waals surface area contributed by atoms with Gasteiger partial charge in [0.05, 0.1) is 6.54 Å². The van der Waals surface area contributed by atoms with E-state index >= 15 is 0 Å². The summed E-state index contributed by atoms with van der Waals surface area (Å²) in [6.45, 7) is 1.56. The zero-order chi connectivity index (χ0) is 14.5. The van der Waals surface area contributed by atoms with Crippen LogP contribution in [-0.4, -0.2) is 22.1 Å². The summed E-state index contributed by atoms with van der Waals surface area (Å²) in [7, 11) is 2.06. The van der Waals surface area contributed by atoms with Crippen LogP contribution < -0.4 is 0 Å². The van der Waals surface area contributed by atoms with Crippen molar-refractivity contribution in [3.05, 3.63) is 70.0 Å². The van der Waals surface area contributed by atoms with Gasteiger partial charge in [0.15, 0.2) is 5.82 Å². The second kappa shape index (κ2) is 6.65. The van der Waals surface area contributed by atoms with Crippen LogP contribution in [0.25, 0.3) is 0 Å². The third-order valence-corrected chi connectivity index (χ3v) is 3.99. The zero-order valence-corrected chi connectivity index (χ0v) is 12.7. The van der Waals surface area contributed by atoms with Crippen LogP contribution >= 0.6 is 11.3 Å². The van der Waals surface area contributed by atoms with E-state index in [0.29, 0.717) is 18.9 Å². The van der Waals surface area contributed by atoms with Crippen LogP contribution in [-0.2, 0) is 19.5 Å². The maximum Gasteiger partial charge on any atom is 0.240 e. The Kier molecular flexibility index (Phi) is 4.43. The molecule has 0 aliphatic heterocycles. The number of rotatable bonds is 6. The summed E-state index contributed by atoms with van der Waals surface area (Å²) in [6.07, 6.45) is 0.707. The number of nitrogens with zero attached hydrogens (tertiary/aromatic N) is 3. The highest BCUT2D eigenvalue weighted by Crippen LogP contribution is 2.13. The number of hydrogen-bond acceptors (Lipinski definition) is 5. The van der Waals surface area contributed by atoms with E-state index in [1.165, 1.54) is 10.4 Å². The van der Waals surface area contributed by atoms with Gasteiger partial charge in [-0.2, -0.15) is 4.98 Å². The van der Waals surface area contributed by atoms with Gasteiger partial charge in [-0.1, -0.05) is 41.6 Å². The minimum atomic E-state index is 0.666. The number of hydrogen-bond donors (Lipinski definition) is 0. The molecule has 0 saturated carbocycles. The first-order chi connectivity index (χ1) is 10.3. The van der Waals surface area contributed by atoms with E-state index in [2.05, 4.69) is 51.7 Å². The van der Waals surface area contributed by atoms with Crippen molar-refractivity contribution >= 4 is 11.3 Å². The van der Waals surface area contributed by atoms with Gasteiger partial charge in [0, 0.05) is 17.8 Å². The fraction of sp³-hybridized carbons (Fsp3) is 0.250. The third-order valence-electron chi connectivity index (χ3n) is 3.13.